The van der Waals surface area contributed by atoms with Crippen LogP contribution in [-0.2, 0) is 4.74 Å². The Balaban J connectivity index is 2.27. The predicted molar refractivity (Wildman–Crippen MR) is 51.7 cm³/mol. The quantitative estimate of drug-likeness (QED) is 0.666. The first-order chi connectivity index (χ1) is 5.77. The van der Waals surface area contributed by atoms with Crippen molar-refractivity contribution in [2.24, 2.45) is 0 Å². The molecule has 2 rings (SSSR count). The molecule has 0 spiro atoms. The van der Waals surface area contributed by atoms with Crippen LogP contribution in [0.5, 0.6) is 0 Å². The molecule has 0 radical (unpaired) electrons. The van der Waals surface area contributed by atoms with Gasteiger partial charge in [-0.15, -0.1) is 12.6 Å². The Bertz CT molecular complexity index is 297. The Kier molecular flexibility index (Phi) is 1.98. The maximum Gasteiger partial charge on any atom is 0.123 e. The van der Waals surface area contributed by atoms with Crippen LogP contribution in [0, 0.1) is 6.92 Å². The molecule has 12 heavy (non-hydrogen) atoms. The van der Waals surface area contributed by atoms with Crippen molar-refractivity contribution in [3.63, 3.8) is 0 Å². The Morgan fingerprint density at radius 3 is 2.67 bits per heavy atom. The molecule has 1 heterocycles. The number of benzene rings is 1. The highest BCUT2D eigenvalue weighted by Gasteiger charge is 2.14. The number of nitrogens with zero attached hydrogens (tertiary/aromatic N) is 1. The van der Waals surface area contributed by atoms with Gasteiger partial charge in [0.15, 0.2) is 0 Å². The number of thiol groups is 1. The van der Waals surface area contributed by atoms with Gasteiger partial charge in [-0.25, -0.2) is 0 Å². The Morgan fingerprint density at radius 2 is 2.17 bits per heavy atom. The van der Waals surface area contributed by atoms with Crippen LogP contribution in [0.1, 0.15) is 5.56 Å². The maximum atomic E-state index is 5.07. The summed E-state index contributed by atoms with van der Waals surface area (Å²) in [5.41, 5.74) is 2.43. The van der Waals surface area contributed by atoms with Gasteiger partial charge in [-0.1, -0.05) is 0 Å². The fourth-order valence-electron chi connectivity index (χ4n) is 1.17. The van der Waals surface area contributed by atoms with Crippen molar-refractivity contribution in [3.8, 4) is 0 Å². The van der Waals surface area contributed by atoms with Crippen molar-refractivity contribution in [1.82, 2.24) is 0 Å². The van der Waals surface area contributed by atoms with Gasteiger partial charge in [-0.05, 0) is 30.7 Å². The van der Waals surface area contributed by atoms with E-state index in [1.54, 1.807) is 0 Å². The minimum atomic E-state index is 0.714. The zero-order valence-corrected chi connectivity index (χ0v) is 7.84. The Hall–Kier alpha value is -0.670. The maximum absolute atomic E-state index is 5.07. The summed E-state index contributed by atoms with van der Waals surface area (Å²) in [5.74, 6) is 0. The molecule has 0 aromatic heterocycles. The highest BCUT2D eigenvalue weighted by atomic mass is 32.1. The number of aryl methyl sites for hydroxylation is 1. The minimum Gasteiger partial charge on any atom is -0.341 e. The largest absolute Gasteiger partial charge is 0.341 e. The van der Waals surface area contributed by atoms with E-state index in [0.29, 0.717) is 13.5 Å². The third-order valence-electron chi connectivity index (χ3n) is 2.04. The standard InChI is InChI=1S/C9H11NOS/c1-7-4-8(2-3-9(7)12)10-5-11-6-10/h2-4,12H,5-6H2,1H3. The van der Waals surface area contributed by atoms with E-state index in [4.69, 9.17) is 4.74 Å². The molecule has 0 saturated carbocycles. The zero-order chi connectivity index (χ0) is 8.55. The van der Waals surface area contributed by atoms with Crippen LogP contribution in [0.4, 0.5) is 5.69 Å². The minimum absolute atomic E-state index is 0.714. The summed E-state index contributed by atoms with van der Waals surface area (Å²) in [6.07, 6.45) is 0. The smallest absolute Gasteiger partial charge is 0.123 e. The molecule has 0 bridgehead atoms. The fraction of sp³-hybridized carbons (Fsp3) is 0.333. The first-order valence-electron chi connectivity index (χ1n) is 3.90. The molecule has 1 aliphatic rings. The Labute approximate surface area is 77.5 Å². The van der Waals surface area contributed by atoms with Crippen LogP contribution < -0.4 is 4.90 Å². The highest BCUT2D eigenvalue weighted by molar-refractivity contribution is 7.80. The topological polar surface area (TPSA) is 12.5 Å². The molecule has 1 fully saturated rings. The summed E-state index contributed by atoms with van der Waals surface area (Å²) >= 11 is 4.31. The third kappa shape index (κ3) is 1.30. The van der Waals surface area contributed by atoms with Crippen LogP contribution in [0.2, 0.25) is 0 Å². The SMILES string of the molecule is Cc1cc(N2COC2)ccc1S. The molecular formula is C9H11NOS. The molecule has 1 aromatic carbocycles. The summed E-state index contributed by atoms with van der Waals surface area (Å²) in [5, 5.41) is 0. The summed E-state index contributed by atoms with van der Waals surface area (Å²) in [6.45, 7) is 3.49. The number of hydrogen-bond acceptors (Lipinski definition) is 3. The number of hydrogen-bond donors (Lipinski definition) is 1. The van der Waals surface area contributed by atoms with Crippen LogP contribution in [0.25, 0.3) is 0 Å². The van der Waals surface area contributed by atoms with Gasteiger partial charge in [-0.2, -0.15) is 0 Å². The molecule has 0 amide bonds. The lowest BCUT2D eigenvalue weighted by molar-refractivity contribution is 0.0406. The number of rotatable bonds is 1. The van der Waals surface area contributed by atoms with Crippen LogP contribution in [-0.4, -0.2) is 13.5 Å². The predicted octanol–water partition coefficient (Wildman–Crippen LogP) is 2.04. The van der Waals surface area contributed by atoms with Crippen molar-refractivity contribution in [3.05, 3.63) is 23.8 Å². The second kappa shape index (κ2) is 2.99. The molecule has 0 atom stereocenters. The van der Waals surface area contributed by atoms with Gasteiger partial charge in [0, 0.05) is 10.6 Å². The van der Waals surface area contributed by atoms with Gasteiger partial charge in [0.1, 0.15) is 13.5 Å². The molecule has 64 valence electrons. The van der Waals surface area contributed by atoms with Crippen LogP contribution in [0.15, 0.2) is 23.1 Å². The molecule has 1 aromatic rings. The molecule has 1 saturated heterocycles. The second-order valence-electron chi connectivity index (χ2n) is 2.97. The lowest BCUT2D eigenvalue weighted by Crippen LogP contribution is -2.39. The second-order valence-corrected chi connectivity index (χ2v) is 3.45. The third-order valence-corrected chi connectivity index (χ3v) is 2.54. The van der Waals surface area contributed by atoms with Crippen LogP contribution in [0.3, 0.4) is 0 Å². The van der Waals surface area contributed by atoms with E-state index in [1.165, 1.54) is 11.3 Å². The summed E-state index contributed by atoms with van der Waals surface area (Å²) < 4.78 is 5.07. The molecular weight excluding hydrogens is 170 g/mol. The summed E-state index contributed by atoms with van der Waals surface area (Å²) in [4.78, 5) is 3.21. The first kappa shape index (κ1) is 7.95. The fourth-order valence-corrected chi connectivity index (χ4v) is 1.31. The Morgan fingerprint density at radius 1 is 1.42 bits per heavy atom. The van der Waals surface area contributed by atoms with Gasteiger partial charge in [0.05, 0.1) is 0 Å². The monoisotopic (exact) mass is 181 g/mol. The van der Waals surface area contributed by atoms with Crippen molar-refractivity contribution < 1.29 is 4.74 Å². The summed E-state index contributed by atoms with van der Waals surface area (Å²) in [7, 11) is 0. The molecule has 0 N–H and O–H groups in total. The van der Waals surface area contributed by atoms with Crippen molar-refractivity contribution in [2.45, 2.75) is 11.8 Å². The lowest BCUT2D eigenvalue weighted by atomic mass is 10.2. The van der Waals surface area contributed by atoms with Gasteiger partial charge < -0.3 is 9.64 Å². The average Bonchev–Trinajstić information content (AvgIpc) is 1.93. The van der Waals surface area contributed by atoms with Gasteiger partial charge in [0.25, 0.3) is 0 Å². The van der Waals surface area contributed by atoms with Gasteiger partial charge in [-0.3, -0.25) is 0 Å². The van der Waals surface area contributed by atoms with E-state index in [9.17, 15) is 0 Å². The molecule has 3 heteroatoms. The lowest BCUT2D eigenvalue weighted by Gasteiger charge is -2.33. The van der Waals surface area contributed by atoms with E-state index >= 15 is 0 Å². The molecule has 2 nitrogen and oxygen atoms in total. The van der Waals surface area contributed by atoms with E-state index in [2.05, 4.69) is 36.6 Å². The van der Waals surface area contributed by atoms with Crippen molar-refractivity contribution >= 4 is 18.3 Å². The zero-order valence-electron chi connectivity index (χ0n) is 6.95. The van der Waals surface area contributed by atoms with E-state index in [1.807, 2.05) is 6.07 Å². The van der Waals surface area contributed by atoms with Crippen molar-refractivity contribution in [2.75, 3.05) is 18.4 Å². The summed E-state index contributed by atoms with van der Waals surface area (Å²) in [6, 6.07) is 6.22. The van der Waals surface area contributed by atoms with Crippen LogP contribution >= 0.6 is 12.6 Å². The van der Waals surface area contributed by atoms with E-state index < -0.39 is 0 Å². The van der Waals surface area contributed by atoms with Gasteiger partial charge >= 0.3 is 0 Å². The number of ether oxygens (including phenoxy) is 1. The van der Waals surface area contributed by atoms with E-state index in [0.717, 1.165) is 4.90 Å². The van der Waals surface area contributed by atoms with Crippen molar-refractivity contribution in [1.29, 1.82) is 0 Å². The van der Waals surface area contributed by atoms with E-state index in [-0.39, 0.29) is 0 Å². The molecule has 1 aliphatic heterocycles. The molecule has 0 aliphatic carbocycles. The molecule has 0 unspecified atom stereocenters. The average molecular weight is 181 g/mol. The normalized spacial score (nSPS) is 16.0. The highest BCUT2D eigenvalue weighted by Crippen LogP contribution is 2.23. The number of anilines is 1. The van der Waals surface area contributed by atoms with Gasteiger partial charge in [0.2, 0.25) is 0 Å². The first-order valence-corrected chi connectivity index (χ1v) is 4.34.